The average Bonchev–Trinajstić information content (AvgIpc) is 2.64. The fraction of sp³-hybridized carbons (Fsp3) is 0. The van der Waals surface area contributed by atoms with Crippen molar-refractivity contribution in [1.29, 1.82) is 0 Å². The second-order valence-corrected chi connectivity index (χ2v) is 6.24. The Morgan fingerprint density at radius 2 is 1.00 bits per heavy atom. The topological polar surface area (TPSA) is 86.3 Å². The monoisotopic (exact) mass is 342 g/mol. The summed E-state index contributed by atoms with van der Waals surface area (Å²) >= 11 is 0. The number of nitro benzene ring substituents is 2. The number of nitro groups is 2. The molecule has 0 saturated heterocycles. The Kier molecular flexibility index (Phi) is 2.72. The van der Waals surface area contributed by atoms with Gasteiger partial charge in [0.25, 0.3) is 11.4 Å². The van der Waals surface area contributed by atoms with Gasteiger partial charge < -0.3 is 0 Å². The van der Waals surface area contributed by atoms with Crippen molar-refractivity contribution in [2.75, 3.05) is 0 Å². The molecule has 0 N–H and O–H groups in total. The molecule has 0 spiro atoms. The van der Waals surface area contributed by atoms with E-state index in [1.165, 1.54) is 12.1 Å². The van der Waals surface area contributed by atoms with Crippen LogP contribution in [-0.2, 0) is 0 Å². The van der Waals surface area contributed by atoms with E-state index in [4.69, 9.17) is 0 Å². The van der Waals surface area contributed by atoms with E-state index in [-0.39, 0.29) is 11.4 Å². The summed E-state index contributed by atoms with van der Waals surface area (Å²) in [6, 6.07) is 17.5. The second-order valence-electron chi connectivity index (χ2n) is 6.24. The first-order chi connectivity index (χ1) is 12.6. The van der Waals surface area contributed by atoms with Crippen molar-refractivity contribution in [2.45, 2.75) is 0 Å². The second kappa shape index (κ2) is 4.86. The van der Waals surface area contributed by atoms with Gasteiger partial charge in [-0.05, 0) is 39.1 Å². The van der Waals surface area contributed by atoms with Gasteiger partial charge in [-0.15, -0.1) is 0 Å². The molecular formula is C20H10N2O4. The van der Waals surface area contributed by atoms with E-state index in [9.17, 15) is 20.2 Å². The molecule has 0 aromatic heterocycles. The van der Waals surface area contributed by atoms with Crippen LogP contribution in [0.3, 0.4) is 0 Å². The van der Waals surface area contributed by atoms with Crippen molar-refractivity contribution < 1.29 is 9.85 Å². The lowest BCUT2D eigenvalue weighted by Gasteiger charge is -2.14. The highest BCUT2D eigenvalue weighted by Crippen LogP contribution is 2.46. The van der Waals surface area contributed by atoms with E-state index in [1.54, 1.807) is 12.1 Å². The molecule has 0 bridgehead atoms. The standard InChI is InChI=1S/C20H10N2O4/c23-21(24)15-9-7-12-8-10-16(22(25)26)20-14-6-2-4-11-3-1-5-13(17(11)14)19(15)18(12)20/h1-10H. The molecule has 26 heavy (non-hydrogen) atoms. The lowest BCUT2D eigenvalue weighted by atomic mass is 9.88. The van der Waals surface area contributed by atoms with Crippen LogP contribution in [0.2, 0.25) is 0 Å². The molecule has 0 heterocycles. The summed E-state index contributed by atoms with van der Waals surface area (Å²) < 4.78 is 0. The molecular weight excluding hydrogens is 332 g/mol. The van der Waals surface area contributed by atoms with E-state index < -0.39 is 9.85 Å². The predicted octanol–water partition coefficient (Wildman–Crippen LogP) is 5.55. The first kappa shape index (κ1) is 14.5. The largest absolute Gasteiger partial charge is 0.277 e. The minimum absolute atomic E-state index is 0.0405. The maximum absolute atomic E-state index is 11.7. The van der Waals surface area contributed by atoms with E-state index >= 15 is 0 Å². The highest BCUT2D eigenvalue weighted by molar-refractivity contribution is 6.36. The highest BCUT2D eigenvalue weighted by Gasteiger charge is 2.25. The summed E-state index contributed by atoms with van der Waals surface area (Å²) in [6.07, 6.45) is 0. The lowest BCUT2D eigenvalue weighted by Crippen LogP contribution is -1.96. The van der Waals surface area contributed by atoms with Crippen LogP contribution >= 0.6 is 0 Å². The predicted molar refractivity (Wildman–Crippen MR) is 101 cm³/mol. The van der Waals surface area contributed by atoms with Gasteiger partial charge in [0.05, 0.1) is 20.6 Å². The van der Waals surface area contributed by atoms with Crippen LogP contribution in [0.15, 0.2) is 60.7 Å². The molecule has 0 unspecified atom stereocenters. The van der Waals surface area contributed by atoms with Crippen molar-refractivity contribution in [3.8, 4) is 0 Å². The SMILES string of the molecule is O=[N+]([O-])c1ccc2ccc([N+](=O)[O-])c3c4cccc5cccc(c1c23)c54. The molecule has 0 aliphatic heterocycles. The number of hydrogen-bond acceptors (Lipinski definition) is 4. The molecule has 6 heteroatoms. The van der Waals surface area contributed by atoms with Crippen molar-refractivity contribution in [3.63, 3.8) is 0 Å². The average molecular weight is 342 g/mol. The van der Waals surface area contributed by atoms with Gasteiger partial charge >= 0.3 is 0 Å². The zero-order valence-corrected chi connectivity index (χ0v) is 13.3. The molecule has 5 aromatic carbocycles. The van der Waals surface area contributed by atoms with Gasteiger partial charge in [-0.1, -0.05) is 36.4 Å². The third-order valence-electron chi connectivity index (χ3n) is 4.98. The Balaban J connectivity index is 2.27. The van der Waals surface area contributed by atoms with Gasteiger partial charge in [0, 0.05) is 17.5 Å². The van der Waals surface area contributed by atoms with E-state index in [0.717, 1.165) is 26.9 Å². The highest BCUT2D eigenvalue weighted by atomic mass is 16.6. The summed E-state index contributed by atoms with van der Waals surface area (Å²) in [5.74, 6) is 0. The van der Waals surface area contributed by atoms with E-state index in [2.05, 4.69) is 0 Å². The molecule has 0 amide bonds. The van der Waals surface area contributed by atoms with Gasteiger partial charge in [-0.2, -0.15) is 0 Å². The Morgan fingerprint density at radius 1 is 0.538 bits per heavy atom. The molecule has 0 saturated carbocycles. The van der Waals surface area contributed by atoms with Crippen molar-refractivity contribution >= 4 is 54.5 Å². The molecule has 6 nitrogen and oxygen atoms in total. The normalized spacial score (nSPS) is 11.7. The molecule has 0 fully saturated rings. The van der Waals surface area contributed by atoms with Crippen LogP contribution in [0.5, 0.6) is 0 Å². The Morgan fingerprint density at radius 3 is 1.46 bits per heavy atom. The summed E-state index contributed by atoms with van der Waals surface area (Å²) in [4.78, 5) is 22.5. The smallest absolute Gasteiger partial charge is 0.258 e. The summed E-state index contributed by atoms with van der Waals surface area (Å²) in [7, 11) is 0. The fourth-order valence-electron chi connectivity index (χ4n) is 4.00. The molecule has 0 aliphatic carbocycles. The van der Waals surface area contributed by atoms with Gasteiger partial charge in [0.2, 0.25) is 0 Å². The minimum Gasteiger partial charge on any atom is -0.258 e. The van der Waals surface area contributed by atoms with Gasteiger partial charge in [0.1, 0.15) is 0 Å². The van der Waals surface area contributed by atoms with Gasteiger partial charge in [-0.3, -0.25) is 20.2 Å². The number of hydrogen-bond donors (Lipinski definition) is 0. The Labute approximate surface area is 145 Å². The Bertz CT molecular complexity index is 1290. The van der Waals surface area contributed by atoms with Crippen molar-refractivity contribution in [1.82, 2.24) is 0 Å². The number of rotatable bonds is 2. The third-order valence-corrected chi connectivity index (χ3v) is 4.98. The van der Waals surface area contributed by atoms with Crippen molar-refractivity contribution in [2.24, 2.45) is 0 Å². The van der Waals surface area contributed by atoms with Crippen LogP contribution in [0.25, 0.3) is 43.1 Å². The maximum Gasteiger partial charge on any atom is 0.277 e. The fourth-order valence-corrected chi connectivity index (χ4v) is 4.00. The van der Waals surface area contributed by atoms with Crippen LogP contribution in [0, 0.1) is 20.2 Å². The maximum atomic E-state index is 11.7. The van der Waals surface area contributed by atoms with Gasteiger partial charge in [0.15, 0.2) is 0 Å². The quantitative estimate of drug-likeness (QED) is 0.182. The molecule has 0 atom stereocenters. The number of benzene rings is 5. The lowest BCUT2D eigenvalue weighted by molar-refractivity contribution is -0.383. The number of fused-ring (bicyclic) bond motifs is 2. The summed E-state index contributed by atoms with van der Waals surface area (Å²) in [5, 5.41) is 28.8. The number of non-ortho nitro benzene ring substituents is 2. The molecule has 5 aromatic rings. The number of nitrogens with zero attached hydrogens (tertiary/aromatic N) is 2. The molecule has 0 radical (unpaired) electrons. The molecule has 5 rings (SSSR count). The zero-order valence-electron chi connectivity index (χ0n) is 13.3. The van der Waals surface area contributed by atoms with Crippen LogP contribution in [-0.4, -0.2) is 9.85 Å². The first-order valence-electron chi connectivity index (χ1n) is 7.99. The van der Waals surface area contributed by atoms with E-state index in [1.807, 2.05) is 36.4 Å². The molecule has 124 valence electrons. The molecule has 0 aliphatic rings. The van der Waals surface area contributed by atoms with Gasteiger partial charge in [-0.25, -0.2) is 0 Å². The van der Waals surface area contributed by atoms with Crippen LogP contribution in [0.4, 0.5) is 11.4 Å². The van der Waals surface area contributed by atoms with Crippen LogP contribution < -0.4 is 0 Å². The van der Waals surface area contributed by atoms with E-state index in [0.29, 0.717) is 16.2 Å². The zero-order chi connectivity index (χ0) is 18.0. The summed E-state index contributed by atoms with van der Waals surface area (Å²) in [5.41, 5.74) is -0.0810. The first-order valence-corrected chi connectivity index (χ1v) is 7.99. The third kappa shape index (κ3) is 1.70. The summed E-state index contributed by atoms with van der Waals surface area (Å²) in [6.45, 7) is 0. The van der Waals surface area contributed by atoms with Crippen LogP contribution in [0.1, 0.15) is 0 Å². The minimum atomic E-state index is -0.426. The Hall–Kier alpha value is -3.80. The van der Waals surface area contributed by atoms with Crippen molar-refractivity contribution in [3.05, 3.63) is 80.9 Å².